The number of hydrogen-bond acceptors (Lipinski definition) is 7. The van der Waals surface area contributed by atoms with Crippen LogP contribution in [0.15, 0.2) is 54.7 Å². The van der Waals surface area contributed by atoms with Crippen LogP contribution in [-0.2, 0) is 0 Å². The average Bonchev–Trinajstić information content (AvgIpc) is 3.42. The van der Waals surface area contributed by atoms with Crippen LogP contribution in [0.25, 0.3) is 26.8 Å². The van der Waals surface area contributed by atoms with Crippen molar-refractivity contribution in [2.75, 3.05) is 26.2 Å². The highest BCUT2D eigenvalue weighted by atomic mass is 32.1. The monoisotopic (exact) mass is 446 g/mol. The summed E-state index contributed by atoms with van der Waals surface area (Å²) in [5, 5.41) is 29.2. The Labute approximate surface area is 189 Å². The molecule has 9 heteroatoms. The number of carbonyl (C=O) groups is 1. The number of nitrogens with zero attached hydrogens (tertiary/aromatic N) is 4. The smallest absolute Gasteiger partial charge is 0.251 e. The zero-order valence-corrected chi connectivity index (χ0v) is 18.1. The van der Waals surface area contributed by atoms with Crippen LogP contribution in [0.3, 0.4) is 0 Å². The number of aromatic nitrogens is 3. The second-order valence-electron chi connectivity index (χ2n) is 7.09. The van der Waals surface area contributed by atoms with E-state index in [1.807, 2.05) is 24.3 Å². The summed E-state index contributed by atoms with van der Waals surface area (Å²) in [6.45, 7) is 1.99. The minimum atomic E-state index is -0.115. The Morgan fingerprint density at radius 3 is 2.53 bits per heavy atom. The number of aliphatic hydroxyl groups excluding tert-OH is 1. The molecule has 8 nitrogen and oxygen atoms in total. The normalized spacial score (nSPS) is 10.9. The van der Waals surface area contributed by atoms with Crippen LogP contribution in [0.4, 0.5) is 0 Å². The minimum Gasteiger partial charge on any atom is -0.395 e. The number of aliphatic hydroxyl groups is 1. The summed E-state index contributed by atoms with van der Waals surface area (Å²) in [5.74, 6) is -0.115. The van der Waals surface area contributed by atoms with Gasteiger partial charge in [0.25, 0.3) is 5.91 Å². The molecular formula is C23H22N6O2S. The molecule has 0 unspecified atom stereocenters. The first-order valence-corrected chi connectivity index (χ1v) is 11.1. The third-order valence-electron chi connectivity index (χ3n) is 4.89. The van der Waals surface area contributed by atoms with Crippen LogP contribution in [0, 0.1) is 11.3 Å². The lowest BCUT2D eigenvalue weighted by Gasteiger charge is -2.06. The van der Waals surface area contributed by atoms with Gasteiger partial charge in [0.05, 0.1) is 30.1 Å². The molecule has 0 spiro atoms. The summed E-state index contributed by atoms with van der Waals surface area (Å²) in [7, 11) is 0. The largest absolute Gasteiger partial charge is 0.395 e. The molecule has 0 atom stereocenters. The first kappa shape index (κ1) is 21.6. The molecule has 0 saturated heterocycles. The van der Waals surface area contributed by atoms with Crippen molar-refractivity contribution in [1.29, 1.82) is 5.26 Å². The van der Waals surface area contributed by atoms with Crippen molar-refractivity contribution < 1.29 is 9.90 Å². The minimum absolute atomic E-state index is 0.112. The molecule has 0 fully saturated rings. The Kier molecular flexibility index (Phi) is 6.87. The van der Waals surface area contributed by atoms with Crippen LogP contribution in [-0.4, -0.2) is 51.9 Å². The second-order valence-corrected chi connectivity index (χ2v) is 8.05. The SMILES string of the molecule is N#Cc1ccc(-c2cnc3sc(-c4ccc(C(=O)NCCCNCCO)cc4)nn23)cc1. The Bertz CT molecular complexity index is 1240. The number of nitrogens with one attached hydrogen (secondary N) is 2. The van der Waals surface area contributed by atoms with Crippen molar-refractivity contribution in [3.8, 4) is 27.9 Å². The molecule has 0 aliphatic rings. The number of benzene rings is 2. The third kappa shape index (κ3) is 4.84. The molecule has 0 bridgehead atoms. The molecule has 0 radical (unpaired) electrons. The van der Waals surface area contributed by atoms with Gasteiger partial charge in [-0.3, -0.25) is 4.79 Å². The van der Waals surface area contributed by atoms with E-state index in [2.05, 4.69) is 21.7 Å². The average molecular weight is 447 g/mol. The summed E-state index contributed by atoms with van der Waals surface area (Å²) in [5.41, 5.74) is 3.91. The number of carbonyl (C=O) groups excluding carboxylic acids is 1. The Hall–Kier alpha value is -3.58. The summed E-state index contributed by atoms with van der Waals surface area (Å²) < 4.78 is 1.80. The van der Waals surface area contributed by atoms with Gasteiger partial charge in [-0.05, 0) is 37.2 Å². The van der Waals surface area contributed by atoms with Gasteiger partial charge >= 0.3 is 0 Å². The highest BCUT2D eigenvalue weighted by molar-refractivity contribution is 7.19. The van der Waals surface area contributed by atoms with Crippen LogP contribution in [0.2, 0.25) is 0 Å². The Morgan fingerprint density at radius 2 is 1.81 bits per heavy atom. The van der Waals surface area contributed by atoms with E-state index in [0.717, 1.165) is 39.8 Å². The van der Waals surface area contributed by atoms with Gasteiger partial charge in [-0.15, -0.1) is 0 Å². The fourth-order valence-corrected chi connectivity index (χ4v) is 4.09. The number of nitriles is 1. The maximum atomic E-state index is 12.3. The number of hydrogen-bond donors (Lipinski definition) is 3. The first-order chi connectivity index (χ1) is 15.7. The van der Waals surface area contributed by atoms with E-state index in [0.29, 0.717) is 24.2 Å². The number of rotatable bonds is 9. The van der Waals surface area contributed by atoms with Gasteiger partial charge in [0.2, 0.25) is 4.96 Å². The van der Waals surface area contributed by atoms with E-state index in [-0.39, 0.29) is 12.5 Å². The van der Waals surface area contributed by atoms with Gasteiger partial charge in [-0.1, -0.05) is 35.6 Å². The summed E-state index contributed by atoms with van der Waals surface area (Å²) in [4.78, 5) is 17.5. The Balaban J connectivity index is 1.44. The standard InChI is InChI=1S/C23H22N6O2S/c24-14-16-2-4-17(5-3-16)20-15-27-23-29(20)28-22(32-23)19-8-6-18(7-9-19)21(31)26-11-1-10-25-12-13-30/h2-9,15,25,30H,1,10-13H2,(H,26,31). The summed E-state index contributed by atoms with van der Waals surface area (Å²) in [6, 6.07) is 16.8. The van der Waals surface area contributed by atoms with E-state index in [1.165, 1.54) is 11.3 Å². The zero-order valence-electron chi connectivity index (χ0n) is 17.3. The summed E-state index contributed by atoms with van der Waals surface area (Å²) in [6.07, 6.45) is 2.57. The molecule has 3 N–H and O–H groups in total. The van der Waals surface area contributed by atoms with Gasteiger partial charge < -0.3 is 15.7 Å². The lowest BCUT2D eigenvalue weighted by Crippen LogP contribution is -2.28. The fourth-order valence-electron chi connectivity index (χ4n) is 3.21. The maximum absolute atomic E-state index is 12.3. The van der Waals surface area contributed by atoms with Crippen LogP contribution in [0.5, 0.6) is 0 Å². The highest BCUT2D eigenvalue weighted by Gasteiger charge is 2.13. The maximum Gasteiger partial charge on any atom is 0.251 e. The second kappa shape index (κ2) is 10.2. The lowest BCUT2D eigenvalue weighted by atomic mass is 10.1. The van der Waals surface area contributed by atoms with E-state index in [4.69, 9.17) is 15.5 Å². The van der Waals surface area contributed by atoms with E-state index in [1.54, 1.807) is 35.0 Å². The summed E-state index contributed by atoms with van der Waals surface area (Å²) >= 11 is 1.47. The topological polar surface area (TPSA) is 115 Å². The molecule has 0 aliphatic heterocycles. The first-order valence-electron chi connectivity index (χ1n) is 10.2. The van der Waals surface area contributed by atoms with Crippen molar-refractivity contribution >= 4 is 22.2 Å². The number of amides is 1. The van der Waals surface area contributed by atoms with Crippen molar-refractivity contribution in [2.24, 2.45) is 0 Å². The van der Waals surface area contributed by atoms with Gasteiger partial charge in [0, 0.05) is 29.8 Å². The predicted octanol–water partition coefficient (Wildman–Crippen LogP) is 2.70. The van der Waals surface area contributed by atoms with Gasteiger partial charge in [-0.25, -0.2) is 9.50 Å². The lowest BCUT2D eigenvalue weighted by molar-refractivity contribution is 0.0953. The molecule has 2 aromatic carbocycles. The van der Waals surface area contributed by atoms with Crippen LogP contribution >= 0.6 is 11.3 Å². The molecule has 1 amide bonds. The highest BCUT2D eigenvalue weighted by Crippen LogP contribution is 2.29. The van der Waals surface area contributed by atoms with Gasteiger partial charge in [0.15, 0.2) is 0 Å². The van der Waals surface area contributed by atoms with E-state index >= 15 is 0 Å². The quantitative estimate of drug-likeness (QED) is 0.341. The number of fused-ring (bicyclic) bond motifs is 1. The molecule has 4 aromatic rings. The molecule has 2 aromatic heterocycles. The molecule has 162 valence electrons. The van der Waals surface area contributed by atoms with Crippen molar-refractivity contribution in [1.82, 2.24) is 25.2 Å². The van der Waals surface area contributed by atoms with E-state index < -0.39 is 0 Å². The number of imidazole rings is 1. The molecule has 32 heavy (non-hydrogen) atoms. The fraction of sp³-hybridized carbons (Fsp3) is 0.217. The predicted molar refractivity (Wildman–Crippen MR) is 123 cm³/mol. The van der Waals surface area contributed by atoms with E-state index in [9.17, 15) is 4.79 Å². The van der Waals surface area contributed by atoms with Crippen molar-refractivity contribution in [3.05, 3.63) is 65.9 Å². The molecule has 2 heterocycles. The van der Waals surface area contributed by atoms with Crippen molar-refractivity contribution in [3.63, 3.8) is 0 Å². The van der Waals surface area contributed by atoms with Gasteiger partial charge in [-0.2, -0.15) is 10.4 Å². The van der Waals surface area contributed by atoms with Crippen molar-refractivity contribution in [2.45, 2.75) is 6.42 Å². The molecular weight excluding hydrogens is 424 g/mol. The van der Waals surface area contributed by atoms with Crippen LogP contribution in [0.1, 0.15) is 22.3 Å². The molecule has 0 saturated carbocycles. The van der Waals surface area contributed by atoms with Gasteiger partial charge in [0.1, 0.15) is 5.01 Å². The van der Waals surface area contributed by atoms with Crippen LogP contribution < -0.4 is 10.6 Å². The Morgan fingerprint density at radius 1 is 1.06 bits per heavy atom. The molecule has 0 aliphatic carbocycles. The zero-order chi connectivity index (χ0) is 22.3. The molecule has 4 rings (SSSR count). The third-order valence-corrected chi connectivity index (χ3v) is 5.87.